The predicted octanol–water partition coefficient (Wildman–Crippen LogP) is 2.29. The first kappa shape index (κ1) is 10.1. The largest absolute Gasteiger partial charge is 0.299 e. The van der Waals surface area contributed by atoms with E-state index in [1.165, 1.54) is 18.9 Å². The molecule has 1 saturated heterocycles. The molecule has 0 N–H and O–H groups in total. The minimum Gasteiger partial charge on any atom is -0.299 e. The molecule has 15 heavy (non-hydrogen) atoms. The topological polar surface area (TPSA) is 27.0 Å². The number of nitrogens with zero attached hydrogens (tertiary/aromatic N) is 2. The molecule has 0 radical (unpaired) electrons. The number of likely N-dealkylation sites (tertiary alicyclic amines) is 1. The van der Waals surface area contributed by atoms with Gasteiger partial charge in [0.25, 0.3) is 0 Å². The molecule has 3 heteroatoms. The van der Waals surface area contributed by atoms with Gasteiger partial charge in [0, 0.05) is 12.1 Å². The maximum atomic E-state index is 13.7. The minimum absolute atomic E-state index is 0.145. The number of benzene rings is 1. The van der Waals surface area contributed by atoms with Crippen molar-refractivity contribution < 1.29 is 4.39 Å². The van der Waals surface area contributed by atoms with Crippen LogP contribution in [0.1, 0.15) is 24.0 Å². The summed E-state index contributed by atoms with van der Waals surface area (Å²) >= 11 is 0. The van der Waals surface area contributed by atoms with Crippen LogP contribution in [0.3, 0.4) is 0 Å². The van der Waals surface area contributed by atoms with Crippen LogP contribution in [0.25, 0.3) is 0 Å². The van der Waals surface area contributed by atoms with Crippen molar-refractivity contribution in [2.45, 2.75) is 19.4 Å². The molecule has 1 fully saturated rings. The van der Waals surface area contributed by atoms with Crippen molar-refractivity contribution >= 4 is 0 Å². The molecule has 0 spiro atoms. The van der Waals surface area contributed by atoms with Crippen LogP contribution in [0, 0.1) is 17.1 Å². The molecule has 0 amide bonds. The molecular formula is C12H13FN2. The second-order valence-electron chi connectivity index (χ2n) is 3.87. The van der Waals surface area contributed by atoms with E-state index in [0.717, 1.165) is 13.1 Å². The zero-order valence-corrected chi connectivity index (χ0v) is 8.54. The molecule has 0 unspecified atom stereocenters. The van der Waals surface area contributed by atoms with Gasteiger partial charge in [-0.1, -0.05) is 12.1 Å². The normalized spacial score (nSPS) is 16.5. The number of hydrogen-bond acceptors (Lipinski definition) is 2. The van der Waals surface area contributed by atoms with Crippen molar-refractivity contribution in [2.24, 2.45) is 0 Å². The molecule has 0 aromatic heterocycles. The average molecular weight is 204 g/mol. The van der Waals surface area contributed by atoms with Gasteiger partial charge in [-0.3, -0.25) is 4.90 Å². The monoisotopic (exact) mass is 204 g/mol. The molecule has 1 heterocycles. The quantitative estimate of drug-likeness (QED) is 0.739. The Morgan fingerprint density at radius 2 is 2.07 bits per heavy atom. The third-order valence-corrected chi connectivity index (χ3v) is 2.79. The number of nitriles is 1. The summed E-state index contributed by atoms with van der Waals surface area (Å²) in [5, 5.41) is 8.70. The molecule has 78 valence electrons. The van der Waals surface area contributed by atoms with Crippen LogP contribution in [0.2, 0.25) is 0 Å². The van der Waals surface area contributed by atoms with Crippen LogP contribution in [0.5, 0.6) is 0 Å². The lowest BCUT2D eigenvalue weighted by atomic mass is 10.1. The highest BCUT2D eigenvalue weighted by atomic mass is 19.1. The smallest absolute Gasteiger partial charge is 0.145 e. The van der Waals surface area contributed by atoms with Gasteiger partial charge in [-0.15, -0.1) is 0 Å². The van der Waals surface area contributed by atoms with Crippen molar-refractivity contribution in [1.29, 1.82) is 5.26 Å². The van der Waals surface area contributed by atoms with E-state index >= 15 is 0 Å². The summed E-state index contributed by atoms with van der Waals surface area (Å²) in [6, 6.07) is 6.89. The molecule has 0 atom stereocenters. The van der Waals surface area contributed by atoms with Crippen LogP contribution in [0.4, 0.5) is 4.39 Å². The average Bonchev–Trinajstić information content (AvgIpc) is 2.74. The van der Waals surface area contributed by atoms with Gasteiger partial charge >= 0.3 is 0 Å². The fourth-order valence-corrected chi connectivity index (χ4v) is 1.97. The number of halogens is 1. The Balaban J connectivity index is 2.17. The van der Waals surface area contributed by atoms with Gasteiger partial charge in [0.1, 0.15) is 11.9 Å². The maximum Gasteiger partial charge on any atom is 0.145 e. The minimum atomic E-state index is -0.355. The Morgan fingerprint density at radius 1 is 1.33 bits per heavy atom. The molecule has 0 bridgehead atoms. The molecule has 2 rings (SSSR count). The molecule has 0 aliphatic carbocycles. The SMILES string of the molecule is N#Cc1cccc(CN2CCCC2)c1F. The van der Waals surface area contributed by atoms with E-state index in [0.29, 0.717) is 12.1 Å². The molecular weight excluding hydrogens is 191 g/mol. The van der Waals surface area contributed by atoms with E-state index in [4.69, 9.17) is 5.26 Å². The highest BCUT2D eigenvalue weighted by Crippen LogP contribution is 2.17. The first-order valence-corrected chi connectivity index (χ1v) is 5.21. The summed E-state index contributed by atoms with van der Waals surface area (Å²) in [5.41, 5.74) is 0.780. The van der Waals surface area contributed by atoms with Gasteiger partial charge in [0.2, 0.25) is 0 Å². The van der Waals surface area contributed by atoms with Crippen LogP contribution >= 0.6 is 0 Å². The van der Waals surface area contributed by atoms with E-state index in [-0.39, 0.29) is 11.4 Å². The van der Waals surface area contributed by atoms with Crippen LogP contribution < -0.4 is 0 Å². The lowest BCUT2D eigenvalue weighted by Crippen LogP contribution is -2.19. The number of rotatable bonds is 2. The van der Waals surface area contributed by atoms with Crippen molar-refractivity contribution in [3.63, 3.8) is 0 Å². The summed E-state index contributed by atoms with van der Waals surface area (Å²) in [5.74, 6) is -0.355. The predicted molar refractivity (Wildman–Crippen MR) is 55.6 cm³/mol. The van der Waals surface area contributed by atoms with E-state index in [1.54, 1.807) is 12.1 Å². The zero-order chi connectivity index (χ0) is 10.7. The summed E-state index contributed by atoms with van der Waals surface area (Å²) in [6.45, 7) is 2.70. The highest BCUT2D eigenvalue weighted by molar-refractivity contribution is 5.34. The molecule has 1 aliphatic rings. The molecule has 1 aromatic rings. The van der Waals surface area contributed by atoms with Crippen LogP contribution in [-0.4, -0.2) is 18.0 Å². The summed E-state index contributed by atoms with van der Waals surface area (Å²) in [4.78, 5) is 2.22. The van der Waals surface area contributed by atoms with Crippen molar-refractivity contribution in [3.8, 4) is 6.07 Å². The van der Waals surface area contributed by atoms with Gasteiger partial charge in [-0.25, -0.2) is 4.39 Å². The van der Waals surface area contributed by atoms with E-state index in [1.807, 2.05) is 6.07 Å². The molecule has 1 aliphatic heterocycles. The fraction of sp³-hybridized carbons (Fsp3) is 0.417. The molecule has 0 saturated carbocycles. The summed E-state index contributed by atoms with van der Waals surface area (Å²) in [6.07, 6.45) is 2.39. The Bertz CT molecular complexity index is 389. The van der Waals surface area contributed by atoms with Crippen molar-refractivity contribution in [1.82, 2.24) is 4.90 Å². The van der Waals surface area contributed by atoms with Crippen molar-refractivity contribution in [2.75, 3.05) is 13.1 Å². The standard InChI is InChI=1S/C12H13FN2/c13-12-10(8-14)4-3-5-11(12)9-15-6-1-2-7-15/h3-5H,1-2,6-7,9H2. The van der Waals surface area contributed by atoms with E-state index in [2.05, 4.69) is 4.90 Å². The lowest BCUT2D eigenvalue weighted by molar-refractivity contribution is 0.325. The van der Waals surface area contributed by atoms with E-state index in [9.17, 15) is 4.39 Å². The highest BCUT2D eigenvalue weighted by Gasteiger charge is 2.15. The Labute approximate surface area is 88.9 Å². The second-order valence-corrected chi connectivity index (χ2v) is 3.87. The Hall–Kier alpha value is -1.40. The second kappa shape index (κ2) is 4.41. The van der Waals surface area contributed by atoms with Crippen LogP contribution in [-0.2, 0) is 6.54 Å². The number of hydrogen-bond donors (Lipinski definition) is 0. The van der Waals surface area contributed by atoms with Crippen molar-refractivity contribution in [3.05, 3.63) is 35.1 Å². The zero-order valence-electron chi connectivity index (χ0n) is 8.54. The first-order valence-electron chi connectivity index (χ1n) is 5.21. The Kier molecular flexibility index (Phi) is 2.98. The molecule has 1 aromatic carbocycles. The lowest BCUT2D eigenvalue weighted by Gasteiger charge is -2.15. The van der Waals surface area contributed by atoms with Gasteiger partial charge < -0.3 is 0 Å². The van der Waals surface area contributed by atoms with Crippen LogP contribution in [0.15, 0.2) is 18.2 Å². The summed E-state index contributed by atoms with van der Waals surface area (Å²) in [7, 11) is 0. The maximum absolute atomic E-state index is 13.7. The van der Waals surface area contributed by atoms with Gasteiger partial charge in [0.15, 0.2) is 0 Å². The fourth-order valence-electron chi connectivity index (χ4n) is 1.97. The Morgan fingerprint density at radius 3 is 2.73 bits per heavy atom. The van der Waals surface area contributed by atoms with Gasteiger partial charge in [-0.2, -0.15) is 5.26 Å². The van der Waals surface area contributed by atoms with Gasteiger partial charge in [-0.05, 0) is 32.0 Å². The third kappa shape index (κ3) is 2.16. The summed E-state index contributed by atoms with van der Waals surface area (Å²) < 4.78 is 13.7. The molecule has 2 nitrogen and oxygen atoms in total. The van der Waals surface area contributed by atoms with Gasteiger partial charge in [0.05, 0.1) is 5.56 Å². The van der Waals surface area contributed by atoms with E-state index < -0.39 is 0 Å². The third-order valence-electron chi connectivity index (χ3n) is 2.79. The first-order chi connectivity index (χ1) is 7.31.